The molecule has 1 aromatic carbocycles. The highest BCUT2D eigenvalue weighted by Crippen LogP contribution is 2.23. The first-order valence-electron chi connectivity index (χ1n) is 13.3. The van der Waals surface area contributed by atoms with E-state index in [0.717, 1.165) is 62.3 Å². The fourth-order valence-electron chi connectivity index (χ4n) is 4.60. The minimum atomic E-state index is -1.02. The number of unbranched alkanes of at least 4 members (excludes halogenated alkanes) is 1. The summed E-state index contributed by atoms with van der Waals surface area (Å²) >= 11 is 0. The maximum atomic E-state index is 13.0. The Bertz CT molecular complexity index is 1010. The van der Waals surface area contributed by atoms with E-state index in [1.54, 1.807) is 7.11 Å². The largest absolute Gasteiger partial charge is 0.480 e. The van der Waals surface area contributed by atoms with Crippen molar-refractivity contribution in [2.45, 2.75) is 63.8 Å². The van der Waals surface area contributed by atoms with Crippen LogP contribution in [0.4, 0.5) is 5.82 Å². The van der Waals surface area contributed by atoms with Gasteiger partial charge in [0.1, 0.15) is 11.9 Å². The number of aromatic nitrogens is 1. The predicted octanol–water partition coefficient (Wildman–Crippen LogP) is 3.65. The molecule has 0 saturated heterocycles. The molecule has 3 rings (SSSR count). The molecular formula is C29H42N4O4. The summed E-state index contributed by atoms with van der Waals surface area (Å²) in [4.78, 5) is 32.0. The van der Waals surface area contributed by atoms with E-state index in [-0.39, 0.29) is 5.91 Å². The number of hydrogen-bond donors (Lipinski definition) is 3. The van der Waals surface area contributed by atoms with Gasteiger partial charge in [-0.05, 0) is 76.1 Å². The van der Waals surface area contributed by atoms with Gasteiger partial charge in [0.15, 0.2) is 0 Å². The second kappa shape index (κ2) is 14.1. The monoisotopic (exact) mass is 510 g/mol. The van der Waals surface area contributed by atoms with Crippen molar-refractivity contribution in [3.8, 4) is 0 Å². The predicted molar refractivity (Wildman–Crippen MR) is 146 cm³/mol. The van der Waals surface area contributed by atoms with Crippen LogP contribution in [0.5, 0.6) is 0 Å². The van der Waals surface area contributed by atoms with Gasteiger partial charge in [0, 0.05) is 32.4 Å². The van der Waals surface area contributed by atoms with Gasteiger partial charge in [-0.2, -0.15) is 0 Å². The molecule has 1 aromatic heterocycles. The zero-order valence-electron chi connectivity index (χ0n) is 22.5. The zero-order valence-corrected chi connectivity index (χ0v) is 22.5. The van der Waals surface area contributed by atoms with Gasteiger partial charge >= 0.3 is 5.97 Å². The van der Waals surface area contributed by atoms with Crippen LogP contribution in [0.15, 0.2) is 42.5 Å². The van der Waals surface area contributed by atoms with Gasteiger partial charge in [0.2, 0.25) is 5.91 Å². The number of methoxy groups -OCH3 is 1. The normalized spacial score (nSPS) is 14.1. The molecule has 0 aliphatic carbocycles. The lowest BCUT2D eigenvalue weighted by Gasteiger charge is -2.28. The third kappa shape index (κ3) is 8.54. The van der Waals surface area contributed by atoms with E-state index < -0.39 is 17.4 Å². The topological polar surface area (TPSA) is 104 Å². The number of nitrogens with one attached hydrogen (secondary N) is 2. The highest BCUT2D eigenvalue weighted by Gasteiger charge is 2.33. The van der Waals surface area contributed by atoms with Crippen molar-refractivity contribution in [1.82, 2.24) is 15.2 Å². The standard InChI is InChI=1S/C29H42N4O4/c1-29(2,23-11-5-4-6-12-23)28(36)32-25(27(34)35)16-19-33(20-21-37-3)18-8-7-13-24-15-14-22-10-9-17-30-26(22)31-24/h4-6,11-12,14-15,25H,7-10,13,16-21H2,1-3H3,(H,30,31)(H,32,36)(H,34,35). The molecule has 0 fully saturated rings. The number of carbonyl (C=O) groups is 2. The van der Waals surface area contributed by atoms with Crippen molar-refractivity contribution >= 4 is 17.7 Å². The first-order valence-corrected chi connectivity index (χ1v) is 13.3. The molecule has 3 N–H and O–H groups in total. The Balaban J connectivity index is 1.50. The van der Waals surface area contributed by atoms with E-state index in [4.69, 9.17) is 9.72 Å². The third-order valence-corrected chi connectivity index (χ3v) is 7.12. The van der Waals surface area contributed by atoms with Crippen molar-refractivity contribution in [1.29, 1.82) is 0 Å². The Labute approximate surface area is 220 Å². The van der Waals surface area contributed by atoms with Gasteiger partial charge in [-0.1, -0.05) is 36.4 Å². The van der Waals surface area contributed by atoms with Crippen molar-refractivity contribution in [3.05, 3.63) is 59.3 Å². The number of carboxylic acids is 1. The number of anilines is 1. The second-order valence-corrected chi connectivity index (χ2v) is 10.3. The highest BCUT2D eigenvalue weighted by atomic mass is 16.5. The fraction of sp³-hybridized carbons (Fsp3) is 0.552. The summed E-state index contributed by atoms with van der Waals surface area (Å²) in [6.07, 6.45) is 5.46. The molecule has 1 unspecified atom stereocenters. The van der Waals surface area contributed by atoms with Crippen LogP contribution in [0.3, 0.4) is 0 Å². The minimum absolute atomic E-state index is 0.290. The Morgan fingerprint density at radius 2 is 1.92 bits per heavy atom. The number of nitrogens with zero attached hydrogens (tertiary/aromatic N) is 2. The maximum Gasteiger partial charge on any atom is 0.326 e. The average molecular weight is 511 g/mol. The van der Waals surface area contributed by atoms with Crippen LogP contribution >= 0.6 is 0 Å². The molecule has 1 aliphatic heterocycles. The van der Waals surface area contributed by atoms with Gasteiger partial charge in [-0.25, -0.2) is 9.78 Å². The molecule has 8 heteroatoms. The summed E-state index contributed by atoms with van der Waals surface area (Å²) in [5, 5.41) is 16.0. The summed E-state index contributed by atoms with van der Waals surface area (Å²) in [5.41, 5.74) is 2.42. The highest BCUT2D eigenvalue weighted by molar-refractivity contribution is 5.90. The van der Waals surface area contributed by atoms with E-state index in [1.807, 2.05) is 44.2 Å². The summed E-state index contributed by atoms with van der Waals surface area (Å²) in [6.45, 7) is 7.30. The SMILES string of the molecule is COCCN(CCCCc1ccc2c(n1)NCCC2)CCC(NC(=O)C(C)(C)c1ccccc1)C(=O)O. The van der Waals surface area contributed by atoms with Crippen LogP contribution in [0.1, 0.15) is 56.4 Å². The molecular weight excluding hydrogens is 468 g/mol. The molecule has 1 amide bonds. The molecule has 8 nitrogen and oxygen atoms in total. The molecule has 202 valence electrons. The zero-order chi connectivity index (χ0) is 26.7. The quantitative estimate of drug-likeness (QED) is 0.314. The van der Waals surface area contributed by atoms with Crippen molar-refractivity contribution < 1.29 is 19.4 Å². The molecule has 0 saturated carbocycles. The fourth-order valence-corrected chi connectivity index (χ4v) is 4.60. The summed E-state index contributed by atoms with van der Waals surface area (Å²) in [6, 6.07) is 12.8. The Hall–Kier alpha value is -2.97. The molecule has 0 radical (unpaired) electrons. The number of rotatable bonds is 15. The maximum absolute atomic E-state index is 13.0. The number of amides is 1. The number of fused-ring (bicyclic) bond motifs is 1. The lowest BCUT2D eigenvalue weighted by Crippen LogP contribution is -2.49. The van der Waals surface area contributed by atoms with Crippen LogP contribution in [-0.2, 0) is 32.6 Å². The number of benzene rings is 1. The number of aliphatic carboxylic acids is 1. The number of carboxylic acid groups (broad SMARTS) is 1. The lowest BCUT2D eigenvalue weighted by atomic mass is 9.83. The second-order valence-electron chi connectivity index (χ2n) is 10.3. The smallest absolute Gasteiger partial charge is 0.326 e. The van der Waals surface area contributed by atoms with E-state index in [0.29, 0.717) is 26.1 Å². The number of carbonyl (C=O) groups excluding carboxylic acids is 1. The van der Waals surface area contributed by atoms with E-state index in [9.17, 15) is 14.7 Å². The molecule has 2 aromatic rings. The first kappa shape index (κ1) is 28.6. The first-order chi connectivity index (χ1) is 17.8. The number of ether oxygens (including phenoxy) is 1. The molecule has 0 spiro atoms. The van der Waals surface area contributed by atoms with Gasteiger partial charge in [0.05, 0.1) is 12.0 Å². The molecule has 0 bridgehead atoms. The number of aryl methyl sites for hydroxylation is 2. The van der Waals surface area contributed by atoms with E-state index in [2.05, 4.69) is 27.7 Å². The van der Waals surface area contributed by atoms with Crippen LogP contribution < -0.4 is 10.6 Å². The molecule has 2 heterocycles. The van der Waals surface area contributed by atoms with Crippen molar-refractivity contribution in [2.24, 2.45) is 0 Å². The Morgan fingerprint density at radius 1 is 1.14 bits per heavy atom. The summed E-state index contributed by atoms with van der Waals surface area (Å²) in [5.74, 6) is -0.278. The van der Waals surface area contributed by atoms with Crippen LogP contribution in [0.25, 0.3) is 0 Å². The molecule has 1 aliphatic rings. The van der Waals surface area contributed by atoms with E-state index >= 15 is 0 Å². The minimum Gasteiger partial charge on any atom is -0.480 e. The van der Waals surface area contributed by atoms with Crippen LogP contribution in [-0.4, -0.2) is 72.8 Å². The number of pyridine rings is 1. The van der Waals surface area contributed by atoms with Crippen molar-refractivity contribution in [2.75, 3.05) is 45.2 Å². The summed E-state index contributed by atoms with van der Waals surface area (Å²) < 4.78 is 5.27. The molecule has 1 atom stereocenters. The Morgan fingerprint density at radius 3 is 2.65 bits per heavy atom. The van der Waals surface area contributed by atoms with E-state index in [1.165, 1.54) is 5.56 Å². The van der Waals surface area contributed by atoms with Gasteiger partial charge < -0.3 is 25.4 Å². The molecule has 37 heavy (non-hydrogen) atoms. The van der Waals surface area contributed by atoms with Gasteiger partial charge in [0.25, 0.3) is 0 Å². The number of hydrogen-bond acceptors (Lipinski definition) is 6. The van der Waals surface area contributed by atoms with Crippen LogP contribution in [0, 0.1) is 0 Å². The third-order valence-electron chi connectivity index (χ3n) is 7.12. The van der Waals surface area contributed by atoms with Crippen LogP contribution in [0.2, 0.25) is 0 Å². The Kier molecular flexibility index (Phi) is 10.9. The summed E-state index contributed by atoms with van der Waals surface area (Å²) in [7, 11) is 1.67. The average Bonchev–Trinajstić information content (AvgIpc) is 2.91. The van der Waals surface area contributed by atoms with Crippen molar-refractivity contribution in [3.63, 3.8) is 0 Å². The lowest BCUT2D eigenvalue weighted by molar-refractivity contribution is -0.142. The van der Waals surface area contributed by atoms with Gasteiger partial charge in [-0.15, -0.1) is 0 Å². The van der Waals surface area contributed by atoms with Gasteiger partial charge in [-0.3, -0.25) is 4.79 Å².